The minimum atomic E-state index is -0.862. The van der Waals surface area contributed by atoms with Crippen molar-refractivity contribution in [2.75, 3.05) is 19.6 Å². The van der Waals surface area contributed by atoms with Crippen LogP contribution in [-0.2, 0) is 5.60 Å². The van der Waals surface area contributed by atoms with Gasteiger partial charge in [-0.2, -0.15) is 0 Å². The van der Waals surface area contributed by atoms with E-state index in [4.69, 9.17) is 0 Å². The molecule has 0 spiro atoms. The molecule has 3 aliphatic heterocycles. The van der Waals surface area contributed by atoms with Crippen LogP contribution < -0.4 is 4.90 Å². The molecule has 1 atom stereocenters. The summed E-state index contributed by atoms with van der Waals surface area (Å²) in [5, 5.41) is 11.9. The third-order valence-corrected chi connectivity index (χ3v) is 5.78. The van der Waals surface area contributed by atoms with E-state index in [1.807, 2.05) is 36.4 Å². The summed E-state index contributed by atoms with van der Waals surface area (Å²) in [7, 11) is 0. The number of rotatable bonds is 3. The van der Waals surface area contributed by atoms with Gasteiger partial charge in [-0.25, -0.2) is 0 Å². The monoisotopic (exact) mass is 294 g/mol. The zero-order chi connectivity index (χ0) is 15.0. The van der Waals surface area contributed by atoms with Crippen molar-refractivity contribution in [3.8, 4) is 0 Å². The Hall–Kier alpha value is -1.64. The van der Waals surface area contributed by atoms with Crippen LogP contribution in [0.15, 0.2) is 60.7 Å². The fraction of sp³-hybridized carbons (Fsp3) is 0.400. The van der Waals surface area contributed by atoms with Crippen LogP contribution in [0.2, 0.25) is 0 Å². The molecule has 22 heavy (non-hydrogen) atoms. The number of fused-ring (bicyclic) bond motifs is 3. The number of aliphatic hydroxyl groups is 1. The molecule has 0 aliphatic carbocycles. The Morgan fingerprint density at radius 3 is 1.73 bits per heavy atom. The maximum atomic E-state index is 11.9. The first kappa shape index (κ1) is 14.0. The van der Waals surface area contributed by atoms with E-state index in [9.17, 15) is 5.11 Å². The average molecular weight is 294 g/mol. The molecule has 2 N–H and O–H groups in total. The van der Waals surface area contributed by atoms with Crippen molar-refractivity contribution < 1.29 is 10.0 Å². The van der Waals surface area contributed by atoms with E-state index < -0.39 is 5.60 Å². The average Bonchev–Trinajstić information content (AvgIpc) is 2.63. The maximum Gasteiger partial charge on any atom is 0.123 e. The summed E-state index contributed by atoms with van der Waals surface area (Å²) in [4.78, 5) is 1.66. The van der Waals surface area contributed by atoms with Gasteiger partial charge in [-0.3, -0.25) is 0 Å². The van der Waals surface area contributed by atoms with Gasteiger partial charge in [0.05, 0.1) is 19.6 Å². The topological polar surface area (TPSA) is 24.7 Å². The third kappa shape index (κ3) is 2.18. The fourth-order valence-electron chi connectivity index (χ4n) is 4.60. The summed E-state index contributed by atoms with van der Waals surface area (Å²) in [6.45, 7) is 3.65. The first-order valence-electron chi connectivity index (χ1n) is 8.45. The molecular formula is C20H24NO+. The molecular weight excluding hydrogens is 270 g/mol. The molecule has 3 fully saturated rings. The second-order valence-electron chi connectivity index (χ2n) is 6.90. The van der Waals surface area contributed by atoms with E-state index in [0.717, 1.165) is 17.7 Å². The summed E-state index contributed by atoms with van der Waals surface area (Å²) in [5.74, 6) is 0.956. The van der Waals surface area contributed by atoms with Crippen LogP contribution in [0.1, 0.15) is 24.0 Å². The number of hydrogen-bond acceptors (Lipinski definition) is 1. The fourth-order valence-corrected chi connectivity index (χ4v) is 4.60. The Labute approximate surface area is 132 Å². The number of benzene rings is 2. The lowest BCUT2D eigenvalue weighted by atomic mass is 9.65. The van der Waals surface area contributed by atoms with Gasteiger partial charge in [0, 0.05) is 18.8 Å². The van der Waals surface area contributed by atoms with Crippen LogP contribution in [-0.4, -0.2) is 24.7 Å². The van der Waals surface area contributed by atoms with Crippen molar-refractivity contribution >= 4 is 0 Å². The largest absolute Gasteiger partial charge is 0.380 e. The lowest BCUT2D eigenvalue weighted by Gasteiger charge is -2.49. The Bertz CT molecular complexity index is 577. The molecule has 114 valence electrons. The van der Waals surface area contributed by atoms with Crippen molar-refractivity contribution in [1.82, 2.24) is 0 Å². The molecule has 0 unspecified atom stereocenters. The Morgan fingerprint density at radius 2 is 1.32 bits per heavy atom. The highest BCUT2D eigenvalue weighted by molar-refractivity contribution is 5.37. The zero-order valence-corrected chi connectivity index (χ0v) is 12.9. The lowest BCUT2D eigenvalue weighted by Crippen LogP contribution is -3.16. The molecule has 0 saturated carbocycles. The molecule has 0 aromatic heterocycles. The normalized spacial score (nSPS) is 27.8. The Morgan fingerprint density at radius 1 is 0.818 bits per heavy atom. The number of piperidine rings is 3. The first-order chi connectivity index (χ1) is 10.8. The molecule has 3 heterocycles. The summed E-state index contributed by atoms with van der Waals surface area (Å²) in [6.07, 6.45) is 2.50. The summed E-state index contributed by atoms with van der Waals surface area (Å²) in [5.41, 5.74) is 1.22. The smallest absolute Gasteiger partial charge is 0.123 e. The van der Waals surface area contributed by atoms with Crippen molar-refractivity contribution in [3.05, 3.63) is 71.8 Å². The summed E-state index contributed by atoms with van der Waals surface area (Å²) in [6, 6.07) is 20.5. The van der Waals surface area contributed by atoms with Gasteiger partial charge < -0.3 is 10.0 Å². The molecule has 2 nitrogen and oxygen atoms in total. The molecule has 2 heteroatoms. The van der Waals surface area contributed by atoms with Gasteiger partial charge in [-0.1, -0.05) is 60.7 Å². The van der Waals surface area contributed by atoms with Crippen molar-refractivity contribution in [1.29, 1.82) is 0 Å². The van der Waals surface area contributed by atoms with Crippen molar-refractivity contribution in [3.63, 3.8) is 0 Å². The third-order valence-electron chi connectivity index (χ3n) is 5.78. The molecule has 5 rings (SSSR count). The van der Waals surface area contributed by atoms with Crippen molar-refractivity contribution in [2.24, 2.45) is 11.8 Å². The van der Waals surface area contributed by atoms with Crippen LogP contribution in [0.4, 0.5) is 0 Å². The second kappa shape index (κ2) is 5.53. The van der Waals surface area contributed by atoms with E-state index in [1.165, 1.54) is 25.9 Å². The van der Waals surface area contributed by atoms with Gasteiger partial charge in [-0.15, -0.1) is 0 Å². The van der Waals surface area contributed by atoms with Gasteiger partial charge in [0.1, 0.15) is 5.60 Å². The first-order valence-corrected chi connectivity index (χ1v) is 8.45. The number of nitrogens with one attached hydrogen (secondary N) is 1. The molecule has 3 aliphatic rings. The lowest BCUT2D eigenvalue weighted by molar-refractivity contribution is -0.922. The highest BCUT2D eigenvalue weighted by atomic mass is 16.3. The van der Waals surface area contributed by atoms with Crippen LogP contribution in [0.5, 0.6) is 0 Å². The van der Waals surface area contributed by atoms with E-state index in [2.05, 4.69) is 24.3 Å². The van der Waals surface area contributed by atoms with Crippen molar-refractivity contribution in [2.45, 2.75) is 18.4 Å². The van der Waals surface area contributed by atoms with Gasteiger partial charge in [-0.05, 0) is 17.0 Å². The summed E-state index contributed by atoms with van der Waals surface area (Å²) >= 11 is 0. The van der Waals surface area contributed by atoms with Crippen LogP contribution in [0.3, 0.4) is 0 Å². The molecule has 0 amide bonds. The molecule has 0 radical (unpaired) electrons. The second-order valence-corrected chi connectivity index (χ2v) is 6.90. The molecule has 2 aromatic carbocycles. The summed E-state index contributed by atoms with van der Waals surface area (Å²) < 4.78 is 0. The Balaban J connectivity index is 1.82. The predicted molar refractivity (Wildman–Crippen MR) is 87.7 cm³/mol. The SMILES string of the molecule is OC(c1ccccc1)(c1ccccc1)[C@@H]1C[NH+]2CCC1CC2. The van der Waals surface area contributed by atoms with Gasteiger partial charge in [0.2, 0.25) is 0 Å². The van der Waals surface area contributed by atoms with E-state index >= 15 is 0 Å². The highest BCUT2D eigenvalue weighted by Crippen LogP contribution is 2.43. The predicted octanol–water partition coefficient (Wildman–Crippen LogP) is 1.85. The molecule has 2 bridgehead atoms. The molecule has 3 saturated heterocycles. The minimum absolute atomic E-state index is 0.315. The maximum absolute atomic E-state index is 11.9. The minimum Gasteiger partial charge on any atom is -0.380 e. The number of quaternary nitrogens is 1. The van der Waals surface area contributed by atoms with Gasteiger partial charge in [0.15, 0.2) is 0 Å². The van der Waals surface area contributed by atoms with Gasteiger partial charge >= 0.3 is 0 Å². The van der Waals surface area contributed by atoms with Crippen LogP contribution in [0, 0.1) is 11.8 Å². The number of hydrogen-bond donors (Lipinski definition) is 2. The van der Waals surface area contributed by atoms with Crippen LogP contribution >= 0.6 is 0 Å². The highest BCUT2D eigenvalue weighted by Gasteiger charge is 2.50. The quantitative estimate of drug-likeness (QED) is 0.887. The van der Waals surface area contributed by atoms with Crippen LogP contribution in [0.25, 0.3) is 0 Å². The molecule has 2 aromatic rings. The van der Waals surface area contributed by atoms with E-state index in [1.54, 1.807) is 4.90 Å². The van der Waals surface area contributed by atoms with E-state index in [-0.39, 0.29) is 0 Å². The standard InChI is InChI=1S/C20H23NO/c22-20(17-7-3-1-4-8-17,18-9-5-2-6-10-18)19-15-21-13-11-16(19)12-14-21/h1-10,16,19,22H,11-15H2/p+1/t19-/m1/s1. The van der Waals surface area contributed by atoms with Gasteiger partial charge in [0.25, 0.3) is 0 Å². The zero-order valence-electron chi connectivity index (χ0n) is 12.9. The van der Waals surface area contributed by atoms with E-state index in [0.29, 0.717) is 11.8 Å². The Kier molecular flexibility index (Phi) is 3.51.